The summed E-state index contributed by atoms with van der Waals surface area (Å²) in [7, 11) is 0. The Kier molecular flexibility index (Phi) is 7.37. The van der Waals surface area contributed by atoms with E-state index in [9.17, 15) is 19.5 Å². The molecular formula is C20H22N2O5. The molecule has 1 atom stereocenters. The third-order valence-electron chi connectivity index (χ3n) is 3.76. The van der Waals surface area contributed by atoms with Crippen molar-refractivity contribution in [2.24, 2.45) is 0 Å². The van der Waals surface area contributed by atoms with Crippen LogP contribution in [0, 0.1) is 6.92 Å². The monoisotopic (exact) mass is 370 g/mol. The first-order valence-electron chi connectivity index (χ1n) is 8.46. The number of benzene rings is 2. The molecule has 2 amide bonds. The minimum atomic E-state index is -1.14. The highest BCUT2D eigenvalue weighted by molar-refractivity contribution is 5.86. The molecule has 0 fully saturated rings. The van der Waals surface area contributed by atoms with E-state index in [2.05, 4.69) is 10.6 Å². The molecule has 0 bridgehead atoms. The van der Waals surface area contributed by atoms with E-state index in [1.54, 1.807) is 6.07 Å². The van der Waals surface area contributed by atoms with E-state index in [1.807, 2.05) is 55.5 Å². The molecule has 0 saturated heterocycles. The van der Waals surface area contributed by atoms with Crippen LogP contribution < -0.4 is 10.6 Å². The van der Waals surface area contributed by atoms with Crippen LogP contribution in [0.1, 0.15) is 16.7 Å². The molecule has 142 valence electrons. The standard InChI is InChI=1S/C20H22N2O5/c1-14-6-5-9-16(10-14)11-17(19(24)25)22-18(23)12-21-20(26)27-13-15-7-3-2-4-8-15/h2-10,17H,11-13H2,1H3,(H,21,26)(H,22,23)(H,24,25)/t17-/m0/s1. The SMILES string of the molecule is Cc1cccc(C[C@H](NC(=O)CNC(=O)OCc2ccccc2)C(=O)O)c1. The number of carboxylic acids is 1. The zero-order chi connectivity index (χ0) is 19.6. The average molecular weight is 370 g/mol. The van der Waals surface area contributed by atoms with E-state index in [-0.39, 0.29) is 19.6 Å². The molecule has 0 aromatic heterocycles. The zero-order valence-electron chi connectivity index (χ0n) is 15.0. The highest BCUT2D eigenvalue weighted by atomic mass is 16.5. The molecule has 0 unspecified atom stereocenters. The van der Waals surface area contributed by atoms with Crippen LogP contribution in [-0.2, 0) is 27.4 Å². The van der Waals surface area contributed by atoms with Crippen molar-refractivity contribution in [3.05, 3.63) is 71.3 Å². The van der Waals surface area contributed by atoms with Gasteiger partial charge in [0.15, 0.2) is 0 Å². The Morgan fingerprint density at radius 1 is 1.04 bits per heavy atom. The fraction of sp³-hybridized carbons (Fsp3) is 0.250. The number of alkyl carbamates (subject to hydrolysis) is 1. The molecule has 0 radical (unpaired) electrons. The normalized spacial score (nSPS) is 11.3. The second-order valence-electron chi connectivity index (χ2n) is 6.07. The van der Waals surface area contributed by atoms with Crippen molar-refractivity contribution in [2.45, 2.75) is 26.0 Å². The number of amides is 2. The first-order chi connectivity index (χ1) is 12.9. The lowest BCUT2D eigenvalue weighted by molar-refractivity contribution is -0.141. The highest BCUT2D eigenvalue weighted by Gasteiger charge is 2.20. The van der Waals surface area contributed by atoms with Crippen LogP contribution in [0.25, 0.3) is 0 Å². The predicted molar refractivity (Wildman–Crippen MR) is 99.1 cm³/mol. The maximum Gasteiger partial charge on any atom is 0.407 e. The lowest BCUT2D eigenvalue weighted by Crippen LogP contribution is -2.46. The maximum atomic E-state index is 11.9. The van der Waals surface area contributed by atoms with E-state index in [4.69, 9.17) is 4.74 Å². The molecule has 0 spiro atoms. The van der Waals surface area contributed by atoms with Gasteiger partial charge in [-0.3, -0.25) is 4.79 Å². The second-order valence-corrected chi connectivity index (χ2v) is 6.07. The number of aryl methyl sites for hydroxylation is 1. The van der Waals surface area contributed by atoms with E-state index in [0.717, 1.165) is 16.7 Å². The van der Waals surface area contributed by atoms with Crippen LogP contribution in [-0.4, -0.2) is 35.7 Å². The van der Waals surface area contributed by atoms with Crippen LogP contribution in [0.4, 0.5) is 4.79 Å². The fourth-order valence-electron chi connectivity index (χ4n) is 2.45. The Bertz CT molecular complexity index is 792. The number of ether oxygens (including phenoxy) is 1. The van der Waals surface area contributed by atoms with Gasteiger partial charge in [-0.15, -0.1) is 0 Å². The first-order valence-corrected chi connectivity index (χ1v) is 8.46. The Balaban J connectivity index is 1.78. The highest BCUT2D eigenvalue weighted by Crippen LogP contribution is 2.07. The zero-order valence-corrected chi connectivity index (χ0v) is 15.0. The molecule has 3 N–H and O–H groups in total. The molecule has 7 nitrogen and oxygen atoms in total. The maximum absolute atomic E-state index is 11.9. The van der Waals surface area contributed by atoms with Gasteiger partial charge in [0.25, 0.3) is 0 Å². The van der Waals surface area contributed by atoms with Crippen molar-refractivity contribution in [3.8, 4) is 0 Å². The Labute approximate surface area is 157 Å². The van der Waals surface area contributed by atoms with Crippen LogP contribution in [0.5, 0.6) is 0 Å². The van der Waals surface area contributed by atoms with Gasteiger partial charge in [-0.25, -0.2) is 9.59 Å². The van der Waals surface area contributed by atoms with Crippen LogP contribution >= 0.6 is 0 Å². The van der Waals surface area contributed by atoms with Crippen molar-refractivity contribution >= 4 is 18.0 Å². The molecule has 0 saturated carbocycles. The average Bonchev–Trinajstić information content (AvgIpc) is 2.65. The number of carboxylic acid groups (broad SMARTS) is 1. The Morgan fingerprint density at radius 2 is 1.74 bits per heavy atom. The second kappa shape index (κ2) is 9.96. The number of hydrogen-bond donors (Lipinski definition) is 3. The summed E-state index contributed by atoms with van der Waals surface area (Å²) in [4.78, 5) is 35.0. The third-order valence-corrected chi connectivity index (χ3v) is 3.76. The van der Waals surface area contributed by atoms with Gasteiger partial charge in [0.2, 0.25) is 5.91 Å². The fourth-order valence-corrected chi connectivity index (χ4v) is 2.45. The number of nitrogens with one attached hydrogen (secondary N) is 2. The summed E-state index contributed by atoms with van der Waals surface area (Å²) in [6.45, 7) is 1.62. The minimum Gasteiger partial charge on any atom is -0.480 e. The molecule has 0 heterocycles. The quantitative estimate of drug-likeness (QED) is 0.659. The minimum absolute atomic E-state index is 0.0827. The molecule has 2 aromatic rings. The summed E-state index contributed by atoms with van der Waals surface area (Å²) in [6.07, 6.45) is -0.596. The topological polar surface area (TPSA) is 105 Å². The lowest BCUT2D eigenvalue weighted by Gasteiger charge is -2.15. The predicted octanol–water partition coefficient (Wildman–Crippen LogP) is 2.03. The molecule has 0 aliphatic heterocycles. The molecule has 2 aromatic carbocycles. The number of hydrogen-bond acceptors (Lipinski definition) is 4. The molecule has 7 heteroatoms. The van der Waals surface area contributed by atoms with Crippen molar-refractivity contribution in [3.63, 3.8) is 0 Å². The first kappa shape index (κ1) is 20.0. The molecule has 2 rings (SSSR count). The van der Waals surface area contributed by atoms with Crippen molar-refractivity contribution in [2.75, 3.05) is 6.54 Å². The van der Waals surface area contributed by atoms with Crippen molar-refractivity contribution in [1.82, 2.24) is 10.6 Å². The van der Waals surface area contributed by atoms with Gasteiger partial charge in [0, 0.05) is 6.42 Å². The van der Waals surface area contributed by atoms with E-state index in [0.29, 0.717) is 0 Å². The molecule has 27 heavy (non-hydrogen) atoms. The summed E-state index contributed by atoms with van der Waals surface area (Å²) in [5.74, 6) is -1.75. The van der Waals surface area contributed by atoms with Crippen LogP contribution in [0.15, 0.2) is 54.6 Å². The summed E-state index contributed by atoms with van der Waals surface area (Å²) in [5.41, 5.74) is 2.63. The van der Waals surface area contributed by atoms with Gasteiger partial charge in [0.05, 0.1) is 0 Å². The third kappa shape index (κ3) is 7.19. The van der Waals surface area contributed by atoms with Gasteiger partial charge in [-0.05, 0) is 18.1 Å². The number of carbonyl (C=O) groups excluding carboxylic acids is 2. The lowest BCUT2D eigenvalue weighted by atomic mass is 10.0. The largest absolute Gasteiger partial charge is 0.480 e. The van der Waals surface area contributed by atoms with Gasteiger partial charge < -0.3 is 20.5 Å². The van der Waals surface area contributed by atoms with Gasteiger partial charge in [-0.2, -0.15) is 0 Å². The summed E-state index contributed by atoms with van der Waals surface area (Å²) in [6, 6.07) is 15.4. The molecular weight excluding hydrogens is 348 g/mol. The number of rotatable bonds is 8. The van der Waals surface area contributed by atoms with E-state index in [1.165, 1.54) is 0 Å². The Hall–Kier alpha value is -3.35. The van der Waals surface area contributed by atoms with E-state index < -0.39 is 24.0 Å². The van der Waals surface area contributed by atoms with Crippen molar-refractivity contribution < 1.29 is 24.2 Å². The number of carbonyl (C=O) groups is 3. The van der Waals surface area contributed by atoms with Crippen LogP contribution in [0.3, 0.4) is 0 Å². The number of aliphatic carboxylic acids is 1. The summed E-state index contributed by atoms with van der Waals surface area (Å²) < 4.78 is 4.99. The van der Waals surface area contributed by atoms with Gasteiger partial charge >= 0.3 is 12.1 Å². The smallest absolute Gasteiger partial charge is 0.407 e. The summed E-state index contributed by atoms with van der Waals surface area (Å²) in [5, 5.41) is 14.0. The van der Waals surface area contributed by atoms with E-state index >= 15 is 0 Å². The summed E-state index contributed by atoms with van der Waals surface area (Å²) >= 11 is 0. The van der Waals surface area contributed by atoms with Gasteiger partial charge in [0.1, 0.15) is 19.2 Å². The Morgan fingerprint density at radius 3 is 2.41 bits per heavy atom. The molecule has 0 aliphatic rings. The van der Waals surface area contributed by atoms with Crippen LogP contribution in [0.2, 0.25) is 0 Å². The van der Waals surface area contributed by atoms with Gasteiger partial charge in [-0.1, -0.05) is 60.2 Å². The van der Waals surface area contributed by atoms with Crippen molar-refractivity contribution in [1.29, 1.82) is 0 Å². The molecule has 0 aliphatic carbocycles.